The maximum Gasteiger partial charge on any atom is 0.0455 e. The molecule has 0 amide bonds. The van der Waals surface area contributed by atoms with Crippen molar-refractivity contribution in [2.75, 3.05) is 0 Å². The Hall–Kier alpha value is -0.460. The van der Waals surface area contributed by atoms with Gasteiger partial charge in [0.1, 0.15) is 0 Å². The first-order valence-electron chi connectivity index (χ1n) is 4.74. The molecule has 0 spiro atoms. The van der Waals surface area contributed by atoms with Crippen LogP contribution in [0.25, 0.3) is 0 Å². The fraction of sp³-hybridized carbons (Fsp3) is 0.333. The number of rotatable bonds is 4. The summed E-state index contributed by atoms with van der Waals surface area (Å²) >= 11 is 12.0. The summed E-state index contributed by atoms with van der Waals surface area (Å²) in [4.78, 5) is 0. The molecule has 0 N–H and O–H groups in total. The molecule has 0 aromatic heterocycles. The molecule has 1 unspecified atom stereocenters. The van der Waals surface area contributed by atoms with E-state index in [2.05, 4.69) is 13.5 Å². The van der Waals surface area contributed by atoms with Gasteiger partial charge >= 0.3 is 0 Å². The molecular formula is C12H14Cl2. The molecule has 1 aromatic rings. The molecule has 0 aliphatic rings. The Morgan fingerprint density at radius 3 is 2.64 bits per heavy atom. The normalized spacial score (nSPS) is 12.5. The van der Waals surface area contributed by atoms with E-state index in [4.69, 9.17) is 23.2 Å². The van der Waals surface area contributed by atoms with Crippen molar-refractivity contribution in [3.05, 3.63) is 46.5 Å². The minimum absolute atomic E-state index is 0.456. The molecular weight excluding hydrogens is 215 g/mol. The molecule has 2 heteroatoms. The Kier molecular flexibility index (Phi) is 4.50. The largest absolute Gasteiger partial charge is 0.103 e. The van der Waals surface area contributed by atoms with E-state index in [1.165, 1.54) is 5.56 Å². The van der Waals surface area contributed by atoms with Crippen molar-refractivity contribution in [2.45, 2.75) is 25.7 Å². The summed E-state index contributed by atoms with van der Waals surface area (Å²) < 4.78 is 0. The van der Waals surface area contributed by atoms with Gasteiger partial charge in [-0.3, -0.25) is 0 Å². The molecule has 1 atom stereocenters. The monoisotopic (exact) mass is 228 g/mol. The summed E-state index contributed by atoms with van der Waals surface area (Å²) in [7, 11) is 0. The van der Waals surface area contributed by atoms with E-state index in [0.29, 0.717) is 10.9 Å². The second-order valence-corrected chi connectivity index (χ2v) is 4.14. The Balaban J connectivity index is 2.97. The van der Waals surface area contributed by atoms with Crippen molar-refractivity contribution in [1.82, 2.24) is 0 Å². The topological polar surface area (TPSA) is 0 Å². The smallest absolute Gasteiger partial charge is 0.0455 e. The van der Waals surface area contributed by atoms with Gasteiger partial charge < -0.3 is 0 Å². The van der Waals surface area contributed by atoms with Crippen molar-refractivity contribution < 1.29 is 0 Å². The standard InChI is InChI=1S/C12H14Cl2/c1-3-5-9(4-2)11-7-6-10(13)8-12(11)14/h3,6-9H,1,4-5H2,2H3. The quantitative estimate of drug-likeness (QED) is 0.632. The van der Waals surface area contributed by atoms with Gasteiger partial charge in [-0.25, -0.2) is 0 Å². The highest BCUT2D eigenvalue weighted by molar-refractivity contribution is 6.35. The number of benzene rings is 1. The van der Waals surface area contributed by atoms with Crippen LogP contribution in [0.3, 0.4) is 0 Å². The summed E-state index contributed by atoms with van der Waals surface area (Å²) in [6, 6.07) is 5.68. The number of hydrogen-bond donors (Lipinski definition) is 0. The Morgan fingerprint density at radius 2 is 2.14 bits per heavy atom. The first kappa shape index (κ1) is 11.6. The summed E-state index contributed by atoms with van der Waals surface area (Å²) in [5.41, 5.74) is 1.17. The number of halogens is 2. The molecule has 1 rings (SSSR count). The van der Waals surface area contributed by atoms with Crippen LogP contribution in [0, 0.1) is 0 Å². The van der Waals surface area contributed by atoms with Gasteiger partial charge in [0.15, 0.2) is 0 Å². The van der Waals surface area contributed by atoms with Gasteiger partial charge in [0.05, 0.1) is 0 Å². The van der Waals surface area contributed by atoms with Crippen molar-refractivity contribution >= 4 is 23.2 Å². The molecule has 76 valence electrons. The molecule has 0 radical (unpaired) electrons. The molecule has 0 saturated carbocycles. The third-order valence-corrected chi connectivity index (χ3v) is 2.91. The second kappa shape index (κ2) is 5.43. The Morgan fingerprint density at radius 1 is 1.43 bits per heavy atom. The number of allylic oxidation sites excluding steroid dienone is 1. The zero-order valence-corrected chi connectivity index (χ0v) is 9.78. The van der Waals surface area contributed by atoms with Crippen LogP contribution in [0.15, 0.2) is 30.9 Å². The second-order valence-electron chi connectivity index (χ2n) is 3.30. The van der Waals surface area contributed by atoms with E-state index in [0.717, 1.165) is 17.9 Å². The molecule has 1 aromatic carbocycles. The average Bonchev–Trinajstić information content (AvgIpc) is 2.15. The van der Waals surface area contributed by atoms with Crippen LogP contribution >= 0.6 is 23.2 Å². The van der Waals surface area contributed by atoms with E-state index in [1.807, 2.05) is 18.2 Å². The maximum absolute atomic E-state index is 6.12. The maximum atomic E-state index is 6.12. The van der Waals surface area contributed by atoms with E-state index < -0.39 is 0 Å². The molecule has 0 fully saturated rings. The van der Waals surface area contributed by atoms with Crippen LogP contribution in [0.5, 0.6) is 0 Å². The minimum Gasteiger partial charge on any atom is -0.103 e. The summed E-state index contributed by atoms with van der Waals surface area (Å²) in [5, 5.41) is 1.44. The molecule has 0 saturated heterocycles. The lowest BCUT2D eigenvalue weighted by Crippen LogP contribution is -1.96. The van der Waals surface area contributed by atoms with E-state index in [-0.39, 0.29) is 0 Å². The molecule has 0 nitrogen and oxygen atoms in total. The molecule has 14 heavy (non-hydrogen) atoms. The zero-order chi connectivity index (χ0) is 10.6. The van der Waals surface area contributed by atoms with Crippen molar-refractivity contribution in [3.8, 4) is 0 Å². The zero-order valence-electron chi connectivity index (χ0n) is 8.26. The summed E-state index contributed by atoms with van der Waals surface area (Å²) in [6.45, 7) is 5.90. The van der Waals surface area contributed by atoms with E-state index >= 15 is 0 Å². The van der Waals surface area contributed by atoms with Crippen molar-refractivity contribution in [3.63, 3.8) is 0 Å². The van der Waals surface area contributed by atoms with Crippen LogP contribution in [0.1, 0.15) is 31.2 Å². The summed E-state index contributed by atoms with van der Waals surface area (Å²) in [6.07, 6.45) is 3.95. The van der Waals surface area contributed by atoms with Gasteiger partial charge in [-0.2, -0.15) is 0 Å². The van der Waals surface area contributed by atoms with Crippen LogP contribution in [0.2, 0.25) is 10.0 Å². The van der Waals surface area contributed by atoms with Crippen LogP contribution in [0.4, 0.5) is 0 Å². The molecule has 0 heterocycles. The molecule has 0 aliphatic carbocycles. The van der Waals surface area contributed by atoms with Gasteiger partial charge in [-0.15, -0.1) is 6.58 Å². The summed E-state index contributed by atoms with van der Waals surface area (Å²) in [5.74, 6) is 0.456. The predicted molar refractivity (Wildman–Crippen MR) is 64.3 cm³/mol. The van der Waals surface area contributed by atoms with Gasteiger partial charge in [-0.05, 0) is 36.5 Å². The average molecular weight is 229 g/mol. The van der Waals surface area contributed by atoms with Crippen molar-refractivity contribution in [1.29, 1.82) is 0 Å². The first-order valence-corrected chi connectivity index (χ1v) is 5.50. The predicted octanol–water partition coefficient (Wildman–Crippen LogP) is 5.06. The van der Waals surface area contributed by atoms with Crippen LogP contribution in [-0.4, -0.2) is 0 Å². The Labute approximate surface area is 95.5 Å². The van der Waals surface area contributed by atoms with E-state index in [1.54, 1.807) is 6.07 Å². The van der Waals surface area contributed by atoms with Crippen molar-refractivity contribution in [2.24, 2.45) is 0 Å². The first-order chi connectivity index (χ1) is 6.69. The lowest BCUT2D eigenvalue weighted by molar-refractivity contribution is 0.675. The Bertz CT molecular complexity index is 318. The number of hydrogen-bond acceptors (Lipinski definition) is 0. The third-order valence-electron chi connectivity index (χ3n) is 2.35. The van der Waals surface area contributed by atoms with Gasteiger partial charge in [0.2, 0.25) is 0 Å². The molecule has 0 aliphatic heterocycles. The lowest BCUT2D eigenvalue weighted by atomic mass is 9.93. The SMILES string of the molecule is C=CCC(CC)c1ccc(Cl)cc1Cl. The van der Waals surface area contributed by atoms with Gasteiger partial charge in [0, 0.05) is 10.0 Å². The minimum atomic E-state index is 0.456. The van der Waals surface area contributed by atoms with Gasteiger partial charge in [0.25, 0.3) is 0 Å². The lowest BCUT2D eigenvalue weighted by Gasteiger charge is -2.14. The third kappa shape index (κ3) is 2.76. The molecule has 0 bridgehead atoms. The highest BCUT2D eigenvalue weighted by Crippen LogP contribution is 2.31. The fourth-order valence-electron chi connectivity index (χ4n) is 1.55. The highest BCUT2D eigenvalue weighted by Gasteiger charge is 2.11. The van der Waals surface area contributed by atoms with E-state index in [9.17, 15) is 0 Å². The fourth-order valence-corrected chi connectivity index (χ4v) is 2.11. The van der Waals surface area contributed by atoms with Gasteiger partial charge in [-0.1, -0.05) is 42.3 Å². The highest BCUT2D eigenvalue weighted by atomic mass is 35.5. The van der Waals surface area contributed by atoms with Crippen LogP contribution in [-0.2, 0) is 0 Å². The van der Waals surface area contributed by atoms with Crippen LogP contribution < -0.4 is 0 Å².